The van der Waals surface area contributed by atoms with Crippen LogP contribution in [-0.4, -0.2) is 38.3 Å². The van der Waals surface area contributed by atoms with Gasteiger partial charge in [0.2, 0.25) is 0 Å². The van der Waals surface area contributed by atoms with Gasteiger partial charge in [0.15, 0.2) is 0 Å². The lowest BCUT2D eigenvalue weighted by atomic mass is 9.78. The van der Waals surface area contributed by atoms with Crippen molar-refractivity contribution >= 4 is 173 Å². The number of pyridine rings is 4. The predicted octanol–water partition coefficient (Wildman–Crippen LogP) is 23.0. The Morgan fingerprint density at radius 2 is 0.747 bits per heavy atom. The van der Waals surface area contributed by atoms with Gasteiger partial charge in [-0.3, -0.25) is 9.97 Å². The third kappa shape index (κ3) is 8.84. The van der Waals surface area contributed by atoms with Crippen LogP contribution in [0.3, 0.4) is 0 Å². The van der Waals surface area contributed by atoms with Gasteiger partial charge in [0.1, 0.15) is 0 Å². The fourth-order valence-corrected chi connectivity index (χ4v) is 17.3. The number of aromatic nitrogens is 4. The third-order valence-electron chi connectivity index (χ3n) is 20.2. The van der Waals surface area contributed by atoms with E-state index in [9.17, 15) is 0 Å². The average Bonchev–Trinajstić information content (AvgIpc) is 1.69. The molecule has 13 aromatic carbocycles. The Morgan fingerprint density at radius 1 is 0.316 bits per heavy atom. The summed E-state index contributed by atoms with van der Waals surface area (Å²) in [5.41, 5.74) is 13.1. The van der Waals surface area contributed by atoms with Crippen molar-refractivity contribution in [2.45, 2.75) is 38.9 Å². The highest BCUT2D eigenvalue weighted by atomic mass is 32.1. The van der Waals surface area contributed by atoms with Gasteiger partial charge in [-0.1, -0.05) is 212 Å². The van der Waals surface area contributed by atoms with Crippen LogP contribution in [0.4, 0.5) is 0 Å². The summed E-state index contributed by atoms with van der Waals surface area (Å²) in [6, 6.07) is 94.3. The van der Waals surface area contributed by atoms with Gasteiger partial charge in [0.25, 0.3) is 0 Å². The lowest BCUT2D eigenvalue weighted by Crippen LogP contribution is -2.41. The van der Waals surface area contributed by atoms with Crippen LogP contribution >= 0.6 is 22.7 Å². The first-order valence-electron chi connectivity index (χ1n) is 32.4. The second-order valence-corrected chi connectivity index (χ2v) is 28.2. The molecule has 0 N–H and O–H groups in total. The highest BCUT2D eigenvalue weighted by Crippen LogP contribution is 2.47. The van der Waals surface area contributed by atoms with Crippen LogP contribution in [0.15, 0.2) is 273 Å². The molecule has 6 nitrogen and oxygen atoms in total. The van der Waals surface area contributed by atoms with Gasteiger partial charge >= 0.3 is 7.12 Å². The normalized spacial score (nSPS) is 14.0. The van der Waals surface area contributed by atoms with Crippen LogP contribution in [-0.2, 0) is 9.31 Å². The maximum atomic E-state index is 6.26. The van der Waals surface area contributed by atoms with Crippen LogP contribution < -0.4 is 5.46 Å². The van der Waals surface area contributed by atoms with Crippen molar-refractivity contribution in [3.05, 3.63) is 273 Å². The van der Waals surface area contributed by atoms with Crippen molar-refractivity contribution in [3.8, 4) is 44.8 Å². The van der Waals surface area contributed by atoms with Gasteiger partial charge in [-0.15, -0.1) is 22.7 Å². The van der Waals surface area contributed by atoms with E-state index < -0.39 is 0 Å². The van der Waals surface area contributed by atoms with Crippen LogP contribution in [0.2, 0.25) is 0 Å². The van der Waals surface area contributed by atoms with Gasteiger partial charge in [-0.25, -0.2) is 9.97 Å². The first kappa shape index (κ1) is 55.8. The molecule has 0 bridgehead atoms. The van der Waals surface area contributed by atoms with E-state index in [1.807, 2.05) is 41.1 Å². The third-order valence-corrected chi connectivity index (χ3v) is 22.7. The van der Waals surface area contributed by atoms with E-state index in [4.69, 9.17) is 24.3 Å². The lowest BCUT2D eigenvalue weighted by molar-refractivity contribution is 0.00578. The summed E-state index contributed by atoms with van der Waals surface area (Å²) in [6.45, 7) is 8.34. The monoisotopic (exact) mass is 1250 g/mol. The fourth-order valence-electron chi connectivity index (χ4n) is 14.8. The van der Waals surface area contributed by atoms with Gasteiger partial charge in [-0.2, -0.15) is 0 Å². The maximum absolute atomic E-state index is 6.26. The smallest absolute Gasteiger partial charge is 0.399 e. The van der Waals surface area contributed by atoms with Crippen molar-refractivity contribution in [1.82, 2.24) is 19.9 Å². The minimum Gasteiger partial charge on any atom is -0.399 e. The van der Waals surface area contributed by atoms with Crippen molar-refractivity contribution in [2.24, 2.45) is 0 Å². The first-order valence-corrected chi connectivity index (χ1v) is 34.0. The molecule has 6 aromatic heterocycles. The molecule has 0 atom stereocenters. The standard InChI is InChI=1S/C55H31N3S.C31H26BNO2S/c1-2-10-39-38(9-1)47-30-35(20-22-40(47)41-23-21-36(31-48(39)41)37-27-29-57-54-43(37)24-19-33-8-7-28-56-53(33)54)32-15-17-34(18-16-32)52-46-26-25-44-42-11-4-6-14-50(42)59-55(44)51(46)45-12-3-5-13-49(45)58-52;1-30(2)31(3,4)35-32(34-30)20-15-13-19(14-16-20)28-24-18-17-22-21-9-6-8-12-26(21)36-29(22)27(24)23-10-5-7-11-25(23)33-28/h1-31H;5-18H,1-4H3. The topological polar surface area (TPSA) is 70.0 Å². The summed E-state index contributed by atoms with van der Waals surface area (Å²) in [7, 11) is -0.372. The molecule has 95 heavy (non-hydrogen) atoms. The zero-order valence-corrected chi connectivity index (χ0v) is 54.1. The number of rotatable bonds is 5. The Hall–Kier alpha value is -10.8. The van der Waals surface area contributed by atoms with Gasteiger partial charge in [0.05, 0.1) is 44.7 Å². The molecule has 1 fully saturated rings. The molecule has 448 valence electrons. The molecular formula is C86H57BN4O2S2. The van der Waals surface area contributed by atoms with Crippen molar-refractivity contribution in [2.75, 3.05) is 0 Å². The molecule has 0 spiro atoms. The van der Waals surface area contributed by atoms with Crippen molar-refractivity contribution in [3.63, 3.8) is 0 Å². The zero-order valence-electron chi connectivity index (χ0n) is 52.5. The van der Waals surface area contributed by atoms with E-state index in [0.717, 1.165) is 66.4 Å². The second kappa shape index (κ2) is 21.4. The first-order chi connectivity index (χ1) is 46.6. The molecule has 1 aliphatic rings. The molecule has 9 heteroatoms. The molecular weight excluding hydrogens is 1200 g/mol. The fraction of sp³-hybridized carbons (Fsp3) is 0.0698. The van der Waals surface area contributed by atoms with Gasteiger partial charge in [-0.05, 0) is 136 Å². The Labute approximate surface area is 555 Å². The molecule has 0 amide bonds. The van der Waals surface area contributed by atoms with Gasteiger partial charge in [0, 0.05) is 107 Å². The number of benzene rings is 13. The Kier molecular flexibility index (Phi) is 12.6. The molecule has 19 aromatic rings. The molecule has 0 saturated carbocycles. The van der Waals surface area contributed by atoms with Crippen LogP contribution in [0.5, 0.6) is 0 Å². The van der Waals surface area contributed by atoms with Crippen molar-refractivity contribution < 1.29 is 9.31 Å². The maximum Gasteiger partial charge on any atom is 0.494 e. The summed E-state index contributed by atoms with van der Waals surface area (Å²) in [6.07, 6.45) is 3.75. The number of hydrogen-bond acceptors (Lipinski definition) is 8. The average molecular weight is 1250 g/mol. The van der Waals surface area contributed by atoms with E-state index in [1.165, 1.54) is 122 Å². The number of thiophene rings is 2. The summed E-state index contributed by atoms with van der Waals surface area (Å²) < 4.78 is 17.8. The highest BCUT2D eigenvalue weighted by molar-refractivity contribution is 7.27. The summed E-state index contributed by atoms with van der Waals surface area (Å²) in [5.74, 6) is 0. The minimum absolute atomic E-state index is 0.359. The molecule has 1 aliphatic heterocycles. The van der Waals surface area contributed by atoms with Gasteiger partial charge < -0.3 is 9.31 Å². The Morgan fingerprint density at radius 3 is 1.33 bits per heavy atom. The lowest BCUT2D eigenvalue weighted by Gasteiger charge is -2.32. The number of nitrogens with zero attached hydrogens (tertiary/aromatic N) is 4. The number of fused-ring (bicyclic) bond motifs is 23. The largest absolute Gasteiger partial charge is 0.494 e. The number of hydrogen-bond donors (Lipinski definition) is 0. The Bertz CT molecular complexity index is 6400. The van der Waals surface area contributed by atoms with E-state index in [2.05, 4.69) is 287 Å². The molecule has 1 saturated heterocycles. The Balaban J connectivity index is 0.000000152. The van der Waals surface area contributed by atoms with Crippen LogP contribution in [0, 0.1) is 0 Å². The number of para-hydroxylation sites is 2. The van der Waals surface area contributed by atoms with E-state index >= 15 is 0 Å². The summed E-state index contributed by atoms with van der Waals surface area (Å²) in [5, 5.41) is 22.3. The molecule has 0 radical (unpaired) electrons. The quantitative estimate of drug-likeness (QED) is 0.126. The van der Waals surface area contributed by atoms with E-state index in [1.54, 1.807) is 0 Å². The highest BCUT2D eigenvalue weighted by Gasteiger charge is 2.51. The minimum atomic E-state index is -0.372. The van der Waals surface area contributed by atoms with Crippen molar-refractivity contribution in [1.29, 1.82) is 0 Å². The molecule has 0 aliphatic carbocycles. The predicted molar refractivity (Wildman–Crippen MR) is 405 cm³/mol. The zero-order chi connectivity index (χ0) is 63.3. The van der Waals surface area contributed by atoms with Crippen LogP contribution in [0.1, 0.15) is 27.7 Å². The van der Waals surface area contributed by atoms with E-state index in [-0.39, 0.29) is 18.3 Å². The summed E-state index contributed by atoms with van der Waals surface area (Å²) >= 11 is 3.75. The molecule has 7 heterocycles. The SMILES string of the molecule is CC1(C)OB(c2ccc(-c3nc4ccccc4c4c3ccc3c5ccccc5sc34)cc2)OC1(C)C.c1cnc2c(c1)ccc1c(-c3ccc4c5ccc(-c6ccc(-c7nc8ccccc8c8c7ccc7c9ccccc9sc78)cc6)cc5c5ccccc5c4c3)ccnc12. The van der Waals surface area contributed by atoms with Crippen LogP contribution in [0.25, 0.3) is 183 Å². The second-order valence-electron chi connectivity index (χ2n) is 26.1. The molecule has 0 unspecified atom stereocenters. The summed E-state index contributed by atoms with van der Waals surface area (Å²) in [4.78, 5) is 19.9. The van der Waals surface area contributed by atoms with E-state index in [0.29, 0.717) is 0 Å². The molecule has 20 rings (SSSR count).